The third kappa shape index (κ3) is 2.90. The molecule has 4 heteroatoms. The summed E-state index contributed by atoms with van der Waals surface area (Å²) in [5.41, 5.74) is 6.39. The van der Waals surface area contributed by atoms with Gasteiger partial charge in [-0.1, -0.05) is 38.1 Å². The van der Waals surface area contributed by atoms with Crippen molar-refractivity contribution in [2.75, 3.05) is 18.8 Å². The minimum atomic E-state index is -0.0360. The second-order valence-corrected chi connectivity index (χ2v) is 4.91. The number of rotatable bonds is 5. The predicted molar refractivity (Wildman–Crippen MR) is 82.6 cm³/mol. The van der Waals surface area contributed by atoms with Crippen LogP contribution in [0.1, 0.15) is 37.2 Å². The maximum absolute atomic E-state index is 12.5. The summed E-state index contributed by atoms with van der Waals surface area (Å²) in [6.07, 6.45) is 1.88. The van der Waals surface area contributed by atoms with Gasteiger partial charge in [-0.05, 0) is 24.3 Å². The van der Waals surface area contributed by atoms with E-state index in [1.54, 1.807) is 0 Å². The summed E-state index contributed by atoms with van der Waals surface area (Å²) in [6.45, 7) is 5.64. The van der Waals surface area contributed by atoms with E-state index in [2.05, 4.69) is 18.8 Å². The van der Waals surface area contributed by atoms with E-state index in [9.17, 15) is 4.79 Å². The number of carbonyl (C=O) groups is 1. The number of nitrogens with two attached hydrogens (primary N) is 1. The molecule has 0 unspecified atom stereocenters. The topological polar surface area (TPSA) is 59.2 Å². The lowest BCUT2D eigenvalue weighted by atomic mass is 10.1. The van der Waals surface area contributed by atoms with Gasteiger partial charge in [-0.2, -0.15) is 0 Å². The Hall–Kier alpha value is -2.10. The van der Waals surface area contributed by atoms with Crippen LogP contribution in [0.25, 0.3) is 10.8 Å². The van der Waals surface area contributed by atoms with Crippen LogP contribution in [-0.4, -0.2) is 28.9 Å². The molecule has 1 amide bonds. The number of aromatic nitrogens is 1. The Morgan fingerprint density at radius 2 is 1.85 bits per heavy atom. The van der Waals surface area contributed by atoms with E-state index in [1.807, 2.05) is 35.2 Å². The summed E-state index contributed by atoms with van der Waals surface area (Å²) in [5.74, 6) is 0.380. The zero-order valence-corrected chi connectivity index (χ0v) is 12.1. The molecule has 20 heavy (non-hydrogen) atoms. The predicted octanol–water partition coefficient (Wildman–Crippen LogP) is 3.08. The van der Waals surface area contributed by atoms with E-state index in [4.69, 9.17) is 5.73 Å². The average Bonchev–Trinajstić information content (AvgIpc) is 2.46. The summed E-state index contributed by atoms with van der Waals surface area (Å²) in [7, 11) is 0. The number of carbonyl (C=O) groups excluding carboxylic acids is 1. The van der Waals surface area contributed by atoms with Crippen molar-refractivity contribution in [3.05, 3.63) is 36.0 Å². The third-order valence-corrected chi connectivity index (χ3v) is 3.26. The van der Waals surface area contributed by atoms with Gasteiger partial charge in [-0.15, -0.1) is 0 Å². The van der Waals surface area contributed by atoms with Gasteiger partial charge in [0.2, 0.25) is 0 Å². The number of anilines is 1. The standard InChI is InChI=1S/C16H21N3O/c1-3-9-19(10-4-2)16(20)14-11-12-7-5-6-8-13(12)15(17)18-14/h5-8,11H,3-4,9-10H2,1-2H3,(H2,17,18). The second-order valence-electron chi connectivity index (χ2n) is 4.91. The Kier molecular flexibility index (Phi) is 4.56. The number of hydrogen-bond acceptors (Lipinski definition) is 3. The van der Waals surface area contributed by atoms with Crippen molar-refractivity contribution in [1.29, 1.82) is 0 Å². The smallest absolute Gasteiger partial charge is 0.272 e. The number of fused-ring (bicyclic) bond motifs is 1. The monoisotopic (exact) mass is 271 g/mol. The molecule has 1 aromatic heterocycles. The molecular formula is C16H21N3O. The van der Waals surface area contributed by atoms with E-state index in [1.165, 1.54) is 0 Å². The lowest BCUT2D eigenvalue weighted by molar-refractivity contribution is 0.0750. The molecule has 0 spiro atoms. The molecule has 106 valence electrons. The van der Waals surface area contributed by atoms with Gasteiger partial charge in [-0.25, -0.2) is 4.98 Å². The Morgan fingerprint density at radius 1 is 1.20 bits per heavy atom. The molecule has 0 aliphatic heterocycles. The molecule has 0 aliphatic rings. The van der Waals surface area contributed by atoms with Crippen molar-refractivity contribution < 1.29 is 4.79 Å². The third-order valence-electron chi connectivity index (χ3n) is 3.26. The zero-order valence-electron chi connectivity index (χ0n) is 12.1. The van der Waals surface area contributed by atoms with Gasteiger partial charge < -0.3 is 10.6 Å². The molecule has 0 radical (unpaired) electrons. The van der Waals surface area contributed by atoms with Crippen LogP contribution in [0.2, 0.25) is 0 Å². The van der Waals surface area contributed by atoms with E-state index < -0.39 is 0 Å². The average molecular weight is 271 g/mol. The molecule has 0 saturated carbocycles. The van der Waals surface area contributed by atoms with Crippen molar-refractivity contribution in [3.63, 3.8) is 0 Å². The maximum Gasteiger partial charge on any atom is 0.272 e. The van der Waals surface area contributed by atoms with Crippen LogP contribution in [0.4, 0.5) is 5.82 Å². The van der Waals surface area contributed by atoms with Crippen LogP contribution in [0.3, 0.4) is 0 Å². The van der Waals surface area contributed by atoms with E-state index >= 15 is 0 Å². The minimum Gasteiger partial charge on any atom is -0.383 e. The van der Waals surface area contributed by atoms with Gasteiger partial charge in [0.05, 0.1) is 0 Å². The first-order valence-corrected chi connectivity index (χ1v) is 7.11. The van der Waals surface area contributed by atoms with Gasteiger partial charge >= 0.3 is 0 Å². The Labute approximate surface area is 119 Å². The van der Waals surface area contributed by atoms with Crippen LogP contribution in [0.15, 0.2) is 30.3 Å². The number of pyridine rings is 1. The molecule has 1 heterocycles. The summed E-state index contributed by atoms with van der Waals surface area (Å²) in [4.78, 5) is 18.6. The van der Waals surface area contributed by atoms with Crippen molar-refractivity contribution in [3.8, 4) is 0 Å². The molecule has 0 fully saturated rings. The Bertz CT molecular complexity index is 604. The highest BCUT2D eigenvalue weighted by atomic mass is 16.2. The Morgan fingerprint density at radius 3 is 2.50 bits per heavy atom. The molecule has 2 rings (SSSR count). The zero-order chi connectivity index (χ0) is 14.5. The lowest BCUT2D eigenvalue weighted by Gasteiger charge is -2.21. The number of nitrogen functional groups attached to an aromatic ring is 1. The number of benzene rings is 1. The molecule has 0 bridgehead atoms. The van der Waals surface area contributed by atoms with Gasteiger partial charge in [0.15, 0.2) is 0 Å². The van der Waals surface area contributed by atoms with Crippen LogP contribution in [-0.2, 0) is 0 Å². The molecule has 0 atom stereocenters. The van der Waals surface area contributed by atoms with Crippen LogP contribution in [0.5, 0.6) is 0 Å². The molecular weight excluding hydrogens is 250 g/mol. The molecule has 4 nitrogen and oxygen atoms in total. The van der Waals surface area contributed by atoms with Crippen LogP contribution in [0, 0.1) is 0 Å². The van der Waals surface area contributed by atoms with E-state index in [0.717, 1.165) is 36.7 Å². The van der Waals surface area contributed by atoms with Gasteiger partial charge in [0.25, 0.3) is 5.91 Å². The first-order chi connectivity index (χ1) is 9.67. The molecule has 1 aromatic carbocycles. The summed E-state index contributed by atoms with van der Waals surface area (Å²) >= 11 is 0. The fourth-order valence-corrected chi connectivity index (χ4v) is 2.35. The molecule has 2 aromatic rings. The summed E-state index contributed by atoms with van der Waals surface area (Å²) in [6, 6.07) is 9.55. The van der Waals surface area contributed by atoms with Crippen LogP contribution >= 0.6 is 0 Å². The molecule has 0 aliphatic carbocycles. The molecule has 0 saturated heterocycles. The number of amides is 1. The summed E-state index contributed by atoms with van der Waals surface area (Å²) in [5, 5.41) is 1.85. The van der Waals surface area contributed by atoms with Gasteiger partial charge in [-0.3, -0.25) is 4.79 Å². The quantitative estimate of drug-likeness (QED) is 0.909. The second kappa shape index (κ2) is 6.37. The van der Waals surface area contributed by atoms with Gasteiger partial charge in [0.1, 0.15) is 11.5 Å². The van der Waals surface area contributed by atoms with Crippen molar-refractivity contribution in [2.45, 2.75) is 26.7 Å². The van der Waals surface area contributed by atoms with Crippen LogP contribution < -0.4 is 5.73 Å². The highest BCUT2D eigenvalue weighted by molar-refractivity contribution is 5.99. The number of hydrogen-bond donors (Lipinski definition) is 1. The number of nitrogens with zero attached hydrogens (tertiary/aromatic N) is 2. The fourth-order valence-electron chi connectivity index (χ4n) is 2.35. The lowest BCUT2D eigenvalue weighted by Crippen LogP contribution is -2.33. The largest absolute Gasteiger partial charge is 0.383 e. The highest BCUT2D eigenvalue weighted by Crippen LogP contribution is 2.20. The van der Waals surface area contributed by atoms with E-state index in [0.29, 0.717) is 11.5 Å². The van der Waals surface area contributed by atoms with E-state index in [-0.39, 0.29) is 5.91 Å². The molecule has 2 N–H and O–H groups in total. The normalized spacial score (nSPS) is 10.7. The fraction of sp³-hybridized carbons (Fsp3) is 0.375. The minimum absolute atomic E-state index is 0.0360. The van der Waals surface area contributed by atoms with Crippen molar-refractivity contribution >= 4 is 22.5 Å². The first kappa shape index (κ1) is 14.3. The first-order valence-electron chi connectivity index (χ1n) is 7.11. The SMILES string of the molecule is CCCN(CCC)C(=O)c1cc2ccccc2c(N)n1. The Balaban J connectivity index is 2.38. The highest BCUT2D eigenvalue weighted by Gasteiger charge is 2.17. The maximum atomic E-state index is 12.5. The van der Waals surface area contributed by atoms with Gasteiger partial charge in [0, 0.05) is 18.5 Å². The van der Waals surface area contributed by atoms with Crippen molar-refractivity contribution in [1.82, 2.24) is 9.88 Å². The summed E-state index contributed by atoms with van der Waals surface area (Å²) < 4.78 is 0. The van der Waals surface area contributed by atoms with Crippen molar-refractivity contribution in [2.24, 2.45) is 0 Å².